The first-order valence-electron chi connectivity index (χ1n) is 4.22. The van der Waals surface area contributed by atoms with Crippen LogP contribution in [0.25, 0.3) is 0 Å². The lowest BCUT2D eigenvalue weighted by Gasteiger charge is -2.17. The Morgan fingerprint density at radius 3 is 2.60 bits per heavy atom. The second-order valence-electron chi connectivity index (χ2n) is 3.20. The average Bonchev–Trinajstić information content (AvgIpc) is 2.13. The van der Waals surface area contributed by atoms with Crippen LogP contribution in [0.3, 0.4) is 0 Å². The minimum Gasteiger partial charge on any atom is -0.330 e. The van der Waals surface area contributed by atoms with Gasteiger partial charge in [-0.3, -0.25) is 0 Å². The second kappa shape index (κ2) is 4.24. The molecule has 2 unspecified atom stereocenters. The molecule has 0 aromatic carbocycles. The van der Waals surface area contributed by atoms with E-state index < -0.39 is 0 Å². The Morgan fingerprint density at radius 2 is 1.90 bits per heavy atom. The molecule has 2 heteroatoms. The van der Waals surface area contributed by atoms with Gasteiger partial charge in [-0.15, -0.1) is 0 Å². The third kappa shape index (κ3) is 2.17. The van der Waals surface area contributed by atoms with Gasteiger partial charge in [0.1, 0.15) is 0 Å². The molecule has 0 radical (unpaired) electrons. The summed E-state index contributed by atoms with van der Waals surface area (Å²) in [5, 5.41) is 0.576. The van der Waals surface area contributed by atoms with Crippen LogP contribution < -0.4 is 5.73 Å². The number of rotatable bonds is 1. The second-order valence-corrected chi connectivity index (χ2v) is 3.86. The fourth-order valence-electron chi connectivity index (χ4n) is 1.64. The van der Waals surface area contributed by atoms with Gasteiger partial charge >= 0.3 is 0 Å². The Hall–Kier alpha value is 0.310. The molecule has 0 bridgehead atoms. The standard InChI is InChI=1S/C8H17NS/c9-6-7-4-2-1-3-5-8(7)10/h7-8,10H,1-6,9H2. The molecule has 1 rings (SSSR count). The van der Waals surface area contributed by atoms with Crippen LogP contribution in [-0.4, -0.2) is 11.8 Å². The predicted molar refractivity (Wildman–Crippen MR) is 48.4 cm³/mol. The average molecular weight is 159 g/mol. The van der Waals surface area contributed by atoms with E-state index in [0.717, 1.165) is 6.54 Å². The molecular formula is C8H17NS. The third-order valence-electron chi connectivity index (χ3n) is 2.42. The first-order valence-corrected chi connectivity index (χ1v) is 4.74. The summed E-state index contributed by atoms with van der Waals surface area (Å²) in [7, 11) is 0. The minimum absolute atomic E-state index is 0.576. The molecule has 0 aromatic heterocycles. The Bertz CT molecular complexity index is 95.3. The molecule has 1 fully saturated rings. The highest BCUT2D eigenvalue weighted by Crippen LogP contribution is 2.26. The zero-order valence-electron chi connectivity index (χ0n) is 6.42. The van der Waals surface area contributed by atoms with Crippen molar-refractivity contribution in [3.63, 3.8) is 0 Å². The fourth-order valence-corrected chi connectivity index (χ4v) is 2.09. The summed E-state index contributed by atoms with van der Waals surface area (Å²) in [4.78, 5) is 0. The van der Waals surface area contributed by atoms with Gasteiger partial charge in [0.15, 0.2) is 0 Å². The molecule has 0 aromatic rings. The predicted octanol–water partition coefficient (Wildman–Crippen LogP) is 1.82. The van der Waals surface area contributed by atoms with Crippen molar-refractivity contribution in [3.05, 3.63) is 0 Å². The number of thiol groups is 1. The summed E-state index contributed by atoms with van der Waals surface area (Å²) in [6, 6.07) is 0. The van der Waals surface area contributed by atoms with Crippen LogP contribution in [0.5, 0.6) is 0 Å². The van der Waals surface area contributed by atoms with Crippen LogP contribution in [0.1, 0.15) is 32.1 Å². The molecule has 1 aliphatic carbocycles. The molecule has 1 nitrogen and oxygen atoms in total. The molecular weight excluding hydrogens is 142 g/mol. The van der Waals surface area contributed by atoms with Gasteiger partial charge in [0.2, 0.25) is 0 Å². The summed E-state index contributed by atoms with van der Waals surface area (Å²) in [5.41, 5.74) is 5.61. The molecule has 1 saturated carbocycles. The number of nitrogens with two attached hydrogens (primary N) is 1. The zero-order chi connectivity index (χ0) is 7.40. The largest absolute Gasteiger partial charge is 0.330 e. The zero-order valence-corrected chi connectivity index (χ0v) is 7.32. The van der Waals surface area contributed by atoms with Gasteiger partial charge in [0.05, 0.1) is 0 Å². The molecule has 0 amide bonds. The van der Waals surface area contributed by atoms with Crippen LogP contribution in [0.2, 0.25) is 0 Å². The smallest absolute Gasteiger partial charge is 0.00571 e. The summed E-state index contributed by atoms with van der Waals surface area (Å²) < 4.78 is 0. The van der Waals surface area contributed by atoms with E-state index in [-0.39, 0.29) is 0 Å². The third-order valence-corrected chi connectivity index (χ3v) is 3.10. The fraction of sp³-hybridized carbons (Fsp3) is 1.00. The van der Waals surface area contributed by atoms with E-state index in [9.17, 15) is 0 Å². The Morgan fingerprint density at radius 1 is 1.20 bits per heavy atom. The monoisotopic (exact) mass is 159 g/mol. The molecule has 60 valence electrons. The van der Waals surface area contributed by atoms with Crippen molar-refractivity contribution in [2.75, 3.05) is 6.54 Å². The lowest BCUT2D eigenvalue weighted by molar-refractivity contribution is 0.485. The van der Waals surface area contributed by atoms with Gasteiger partial charge in [-0.25, -0.2) is 0 Å². The van der Waals surface area contributed by atoms with Crippen molar-refractivity contribution in [2.24, 2.45) is 11.7 Å². The molecule has 2 atom stereocenters. The highest BCUT2D eigenvalue weighted by atomic mass is 32.1. The highest BCUT2D eigenvalue weighted by molar-refractivity contribution is 7.81. The molecule has 0 spiro atoms. The van der Waals surface area contributed by atoms with Crippen molar-refractivity contribution >= 4 is 12.6 Å². The van der Waals surface area contributed by atoms with Crippen LogP contribution in [0, 0.1) is 5.92 Å². The van der Waals surface area contributed by atoms with Crippen LogP contribution in [0.15, 0.2) is 0 Å². The van der Waals surface area contributed by atoms with E-state index in [2.05, 4.69) is 12.6 Å². The van der Waals surface area contributed by atoms with Crippen molar-refractivity contribution in [3.8, 4) is 0 Å². The van der Waals surface area contributed by atoms with E-state index in [4.69, 9.17) is 5.73 Å². The first-order chi connectivity index (χ1) is 4.84. The van der Waals surface area contributed by atoms with Crippen molar-refractivity contribution in [2.45, 2.75) is 37.4 Å². The Balaban J connectivity index is 2.35. The van der Waals surface area contributed by atoms with Gasteiger partial charge in [-0.2, -0.15) is 12.6 Å². The van der Waals surface area contributed by atoms with E-state index >= 15 is 0 Å². The van der Waals surface area contributed by atoms with Gasteiger partial charge < -0.3 is 5.73 Å². The van der Waals surface area contributed by atoms with E-state index in [1.807, 2.05) is 0 Å². The summed E-state index contributed by atoms with van der Waals surface area (Å²) in [6.07, 6.45) is 6.66. The quantitative estimate of drug-likeness (QED) is 0.443. The number of hydrogen-bond donors (Lipinski definition) is 2. The van der Waals surface area contributed by atoms with Gasteiger partial charge in [-0.05, 0) is 25.3 Å². The molecule has 1 aliphatic rings. The molecule has 0 heterocycles. The lowest BCUT2D eigenvalue weighted by Crippen LogP contribution is -2.22. The minimum atomic E-state index is 0.576. The van der Waals surface area contributed by atoms with Gasteiger partial charge in [0.25, 0.3) is 0 Å². The summed E-state index contributed by atoms with van der Waals surface area (Å²) >= 11 is 4.53. The van der Waals surface area contributed by atoms with Crippen LogP contribution in [0.4, 0.5) is 0 Å². The first kappa shape index (κ1) is 8.41. The van der Waals surface area contributed by atoms with E-state index in [0.29, 0.717) is 11.2 Å². The van der Waals surface area contributed by atoms with Crippen molar-refractivity contribution < 1.29 is 0 Å². The molecule has 0 aliphatic heterocycles. The summed E-state index contributed by atoms with van der Waals surface area (Å²) in [6.45, 7) is 0.828. The van der Waals surface area contributed by atoms with Gasteiger partial charge in [0, 0.05) is 5.25 Å². The maximum Gasteiger partial charge on any atom is 0.00571 e. The topological polar surface area (TPSA) is 26.0 Å². The maximum absolute atomic E-state index is 5.61. The van der Waals surface area contributed by atoms with E-state index in [1.165, 1.54) is 32.1 Å². The van der Waals surface area contributed by atoms with Crippen molar-refractivity contribution in [1.29, 1.82) is 0 Å². The van der Waals surface area contributed by atoms with Crippen molar-refractivity contribution in [1.82, 2.24) is 0 Å². The molecule has 2 N–H and O–H groups in total. The lowest BCUT2D eigenvalue weighted by atomic mass is 10.0. The SMILES string of the molecule is NCC1CCCCCC1S. The van der Waals surface area contributed by atoms with E-state index in [1.54, 1.807) is 0 Å². The van der Waals surface area contributed by atoms with Crippen LogP contribution in [-0.2, 0) is 0 Å². The Labute approximate surface area is 68.8 Å². The molecule has 0 saturated heterocycles. The van der Waals surface area contributed by atoms with Gasteiger partial charge in [-0.1, -0.05) is 19.3 Å². The maximum atomic E-state index is 5.61. The Kier molecular flexibility index (Phi) is 3.57. The highest BCUT2D eigenvalue weighted by Gasteiger charge is 2.18. The molecule has 10 heavy (non-hydrogen) atoms. The normalized spacial score (nSPS) is 35.4. The summed E-state index contributed by atoms with van der Waals surface area (Å²) in [5.74, 6) is 0.686. The number of hydrogen-bond acceptors (Lipinski definition) is 2. The van der Waals surface area contributed by atoms with Crippen LogP contribution >= 0.6 is 12.6 Å².